The van der Waals surface area contributed by atoms with Crippen molar-refractivity contribution in [1.82, 2.24) is 10.6 Å². The topological polar surface area (TPSA) is 50.4 Å². The highest BCUT2D eigenvalue weighted by atomic mass is 32.2. The van der Waals surface area contributed by atoms with Crippen LogP contribution in [0.15, 0.2) is 40.4 Å². The van der Waals surface area contributed by atoms with E-state index in [9.17, 15) is 18.0 Å². The molecule has 0 saturated heterocycles. The van der Waals surface area contributed by atoms with Crippen molar-refractivity contribution in [3.63, 3.8) is 0 Å². The Balaban J connectivity index is 1.92. The van der Waals surface area contributed by atoms with Crippen LogP contribution in [0.3, 0.4) is 0 Å². The first-order chi connectivity index (χ1) is 10.7. The number of carbonyl (C=O) groups excluding carboxylic acids is 1. The van der Waals surface area contributed by atoms with Gasteiger partial charge in [0.05, 0.1) is 12.1 Å². The Bertz CT molecular complexity index is 642. The maximum Gasteiger partial charge on any atom is 0.446 e. The highest BCUT2D eigenvalue weighted by Gasteiger charge is 2.29. The summed E-state index contributed by atoms with van der Waals surface area (Å²) < 4.78 is 41.9. The van der Waals surface area contributed by atoms with Crippen LogP contribution in [0, 0.1) is 0 Å². The van der Waals surface area contributed by atoms with Gasteiger partial charge in [-0.05, 0) is 48.6 Å². The first-order valence-electron chi connectivity index (χ1n) is 6.51. The van der Waals surface area contributed by atoms with Gasteiger partial charge >= 0.3 is 11.5 Å². The minimum Gasteiger partial charge on any atom is -0.457 e. The number of esters is 1. The van der Waals surface area contributed by atoms with E-state index in [4.69, 9.17) is 17.0 Å². The summed E-state index contributed by atoms with van der Waals surface area (Å²) in [5, 5.41) is 6.09. The van der Waals surface area contributed by atoms with Crippen molar-refractivity contribution in [3.8, 4) is 0 Å². The summed E-state index contributed by atoms with van der Waals surface area (Å²) in [5.74, 6) is -0.501. The zero-order valence-corrected chi connectivity index (χ0v) is 13.6. The fourth-order valence-electron chi connectivity index (χ4n) is 1.84. The number of halogens is 3. The molecule has 0 radical (unpaired) electrons. The van der Waals surface area contributed by atoms with Gasteiger partial charge in [-0.1, -0.05) is 12.1 Å². The van der Waals surface area contributed by atoms with E-state index in [1.165, 1.54) is 24.3 Å². The van der Waals surface area contributed by atoms with Crippen LogP contribution in [0.1, 0.15) is 12.5 Å². The molecule has 1 aromatic carbocycles. The summed E-state index contributed by atoms with van der Waals surface area (Å²) in [7, 11) is 0. The van der Waals surface area contributed by atoms with Gasteiger partial charge in [0.2, 0.25) is 0 Å². The fourth-order valence-corrected chi connectivity index (χ4v) is 2.60. The molecule has 0 saturated carbocycles. The Morgan fingerprint density at radius 3 is 2.57 bits per heavy atom. The van der Waals surface area contributed by atoms with Crippen molar-refractivity contribution in [2.45, 2.75) is 23.9 Å². The second-order valence-electron chi connectivity index (χ2n) is 4.68. The van der Waals surface area contributed by atoms with Crippen molar-refractivity contribution in [2.75, 3.05) is 6.54 Å². The van der Waals surface area contributed by atoms with Crippen LogP contribution in [-0.2, 0) is 16.1 Å². The highest BCUT2D eigenvalue weighted by Crippen LogP contribution is 2.36. The lowest BCUT2D eigenvalue weighted by Gasteiger charge is -2.20. The van der Waals surface area contributed by atoms with E-state index in [-0.39, 0.29) is 29.8 Å². The second-order valence-corrected chi connectivity index (χ2v) is 6.23. The third-order valence-corrected chi connectivity index (χ3v) is 3.94. The van der Waals surface area contributed by atoms with Crippen molar-refractivity contribution >= 4 is 35.1 Å². The molecule has 2 N–H and O–H groups in total. The van der Waals surface area contributed by atoms with Gasteiger partial charge in [-0.15, -0.1) is 0 Å². The number of nitrogens with one attached hydrogen (secondary N) is 2. The van der Waals surface area contributed by atoms with Crippen LogP contribution in [-0.4, -0.2) is 23.1 Å². The second kappa shape index (κ2) is 7.22. The van der Waals surface area contributed by atoms with Gasteiger partial charge in [-0.25, -0.2) is 4.79 Å². The van der Waals surface area contributed by atoms with Crippen LogP contribution in [0.5, 0.6) is 0 Å². The number of thioether (sulfide) groups is 1. The molecular formula is C14H13F3N2O2S2. The molecule has 4 nitrogen and oxygen atoms in total. The minimum absolute atomic E-state index is 0.0168. The van der Waals surface area contributed by atoms with Gasteiger partial charge < -0.3 is 15.4 Å². The molecule has 0 unspecified atom stereocenters. The summed E-state index contributed by atoms with van der Waals surface area (Å²) in [4.78, 5) is 12.1. The Morgan fingerprint density at radius 2 is 2.00 bits per heavy atom. The predicted molar refractivity (Wildman–Crippen MR) is 84.6 cm³/mol. The van der Waals surface area contributed by atoms with E-state index < -0.39 is 11.5 Å². The largest absolute Gasteiger partial charge is 0.457 e. The first kappa shape index (κ1) is 17.6. The van der Waals surface area contributed by atoms with Crippen LogP contribution in [0.4, 0.5) is 13.2 Å². The molecule has 1 aromatic rings. The quantitative estimate of drug-likeness (QED) is 0.488. The molecule has 124 valence electrons. The minimum atomic E-state index is -4.32. The van der Waals surface area contributed by atoms with Crippen molar-refractivity contribution < 1.29 is 22.7 Å². The van der Waals surface area contributed by atoms with E-state index >= 15 is 0 Å². The zero-order chi connectivity index (χ0) is 17.0. The molecule has 9 heteroatoms. The molecule has 0 amide bonds. The lowest BCUT2D eigenvalue weighted by atomic mass is 10.2. The molecule has 1 aliphatic heterocycles. The van der Waals surface area contributed by atoms with Crippen molar-refractivity contribution in [3.05, 3.63) is 41.1 Å². The van der Waals surface area contributed by atoms with Crippen LogP contribution in [0.2, 0.25) is 0 Å². The maximum absolute atomic E-state index is 12.2. The molecular weight excluding hydrogens is 349 g/mol. The summed E-state index contributed by atoms with van der Waals surface area (Å²) in [5.41, 5.74) is -2.66. The third kappa shape index (κ3) is 5.43. The van der Waals surface area contributed by atoms with Gasteiger partial charge in [0.1, 0.15) is 6.61 Å². The number of hydrogen-bond acceptors (Lipinski definition) is 4. The van der Waals surface area contributed by atoms with Gasteiger partial charge in [-0.2, -0.15) is 13.2 Å². The van der Waals surface area contributed by atoms with Gasteiger partial charge in [-0.3, -0.25) is 0 Å². The number of carbonyl (C=O) groups is 1. The number of hydrogen-bond donors (Lipinski definition) is 2. The molecule has 0 atom stereocenters. The monoisotopic (exact) mass is 362 g/mol. The number of alkyl halides is 3. The summed E-state index contributed by atoms with van der Waals surface area (Å²) in [6.45, 7) is 1.97. The van der Waals surface area contributed by atoms with Crippen LogP contribution >= 0.6 is 24.0 Å². The Kier molecular flexibility index (Phi) is 5.53. The smallest absolute Gasteiger partial charge is 0.446 e. The van der Waals surface area contributed by atoms with Crippen molar-refractivity contribution in [2.24, 2.45) is 0 Å². The predicted octanol–water partition coefficient (Wildman–Crippen LogP) is 3.09. The molecule has 2 rings (SSSR count). The fraction of sp³-hybridized carbons (Fsp3) is 0.286. The molecule has 0 fully saturated rings. The molecule has 0 bridgehead atoms. The van der Waals surface area contributed by atoms with Gasteiger partial charge in [0.15, 0.2) is 5.11 Å². The van der Waals surface area contributed by atoms with E-state index in [1.807, 2.05) is 0 Å². The lowest BCUT2D eigenvalue weighted by molar-refractivity contribution is -0.140. The molecule has 1 heterocycles. The molecule has 0 aromatic heterocycles. The number of allylic oxidation sites excluding steroid dienone is 1. The number of thiocarbonyl (C=S) groups is 1. The summed E-state index contributed by atoms with van der Waals surface area (Å²) in [6.07, 6.45) is 0. The van der Waals surface area contributed by atoms with Gasteiger partial charge in [0.25, 0.3) is 0 Å². The van der Waals surface area contributed by atoms with Crippen LogP contribution in [0.25, 0.3) is 0 Å². The lowest BCUT2D eigenvalue weighted by Crippen LogP contribution is -2.42. The molecule has 23 heavy (non-hydrogen) atoms. The maximum atomic E-state index is 12.2. The Hall–Kier alpha value is -1.74. The van der Waals surface area contributed by atoms with E-state index in [0.717, 1.165) is 0 Å². The molecule has 0 spiro atoms. The zero-order valence-electron chi connectivity index (χ0n) is 12.0. The first-order valence-corrected chi connectivity index (χ1v) is 7.73. The number of rotatable bonds is 4. The Labute approximate surface area is 140 Å². The third-order valence-electron chi connectivity index (χ3n) is 2.95. The Morgan fingerprint density at radius 1 is 1.35 bits per heavy atom. The van der Waals surface area contributed by atoms with E-state index in [2.05, 4.69) is 10.6 Å². The molecule has 0 aliphatic carbocycles. The normalized spacial score (nSPS) is 15.0. The summed E-state index contributed by atoms with van der Waals surface area (Å²) >= 11 is 4.74. The van der Waals surface area contributed by atoms with E-state index in [1.54, 1.807) is 6.92 Å². The van der Waals surface area contributed by atoms with E-state index in [0.29, 0.717) is 21.9 Å². The van der Waals surface area contributed by atoms with Crippen LogP contribution < -0.4 is 10.6 Å². The summed E-state index contributed by atoms with van der Waals surface area (Å²) in [6, 6.07) is 5.67. The highest BCUT2D eigenvalue weighted by molar-refractivity contribution is 8.00. The SMILES string of the molecule is CC1=C(C(=O)OCc2ccc(SC(F)(F)F)cc2)CNC(=S)N1. The van der Waals surface area contributed by atoms with Gasteiger partial charge in [0, 0.05) is 10.6 Å². The van der Waals surface area contributed by atoms with Crippen molar-refractivity contribution in [1.29, 1.82) is 0 Å². The number of benzene rings is 1. The average Bonchev–Trinajstić information content (AvgIpc) is 2.44. The standard InChI is InChI=1S/C14H13F3N2O2S2/c1-8-11(6-18-13(22)19-8)12(20)21-7-9-2-4-10(5-3-9)23-14(15,16)17/h2-5H,6-7H2,1H3,(H2,18,19,22). The average molecular weight is 362 g/mol. The number of ether oxygens (including phenoxy) is 1. The molecule has 1 aliphatic rings.